The van der Waals surface area contributed by atoms with Crippen molar-refractivity contribution in [2.45, 2.75) is 89.2 Å². The molecule has 0 aliphatic rings. The van der Waals surface area contributed by atoms with E-state index in [-0.39, 0.29) is 6.54 Å². The number of aliphatic carboxylic acids is 1. The summed E-state index contributed by atoms with van der Waals surface area (Å²) in [5, 5.41) is 10.9. The molecule has 1 aromatic heterocycles. The largest absolute Gasteiger partial charge is 0.480 e. The van der Waals surface area contributed by atoms with Gasteiger partial charge in [-0.15, -0.1) is 11.8 Å². The molecule has 30 heavy (non-hydrogen) atoms. The van der Waals surface area contributed by atoms with Crippen LogP contribution in [0.2, 0.25) is 0 Å². The van der Waals surface area contributed by atoms with E-state index in [1.54, 1.807) is 35.5 Å². The molecule has 1 aromatic rings. The van der Waals surface area contributed by atoms with Crippen molar-refractivity contribution in [2.24, 2.45) is 11.8 Å². The Kier molecular flexibility index (Phi) is 14.3. The lowest BCUT2D eigenvalue weighted by atomic mass is 10.0. The Labute approximate surface area is 192 Å². The third kappa shape index (κ3) is 10.9. The predicted molar refractivity (Wildman–Crippen MR) is 131 cm³/mol. The summed E-state index contributed by atoms with van der Waals surface area (Å²) in [6.45, 7) is 8.92. The van der Waals surface area contributed by atoms with E-state index < -0.39 is 5.97 Å². The molecule has 0 saturated carbocycles. The highest BCUT2D eigenvalue weighted by Crippen LogP contribution is 2.29. The minimum absolute atomic E-state index is 0.0621. The lowest BCUT2D eigenvalue weighted by Gasteiger charge is -2.19. The molecule has 0 bridgehead atoms. The fourth-order valence-corrected chi connectivity index (χ4v) is 5.52. The Morgan fingerprint density at radius 3 is 2.07 bits per heavy atom. The number of hydrogen-bond donors (Lipinski definition) is 1. The zero-order valence-electron chi connectivity index (χ0n) is 19.5. The van der Waals surface area contributed by atoms with Gasteiger partial charge in [-0.05, 0) is 24.7 Å². The van der Waals surface area contributed by atoms with E-state index in [0.29, 0.717) is 17.7 Å². The number of unbranched alkanes of at least 4 members (excludes halogenated alkanes) is 2. The van der Waals surface area contributed by atoms with Crippen molar-refractivity contribution in [1.82, 2.24) is 9.97 Å². The van der Waals surface area contributed by atoms with Crippen LogP contribution in [0.1, 0.15) is 79.1 Å². The summed E-state index contributed by atoms with van der Waals surface area (Å²) >= 11 is 3.50. The average Bonchev–Trinajstić information content (AvgIpc) is 2.73. The van der Waals surface area contributed by atoms with Crippen LogP contribution in [0.15, 0.2) is 16.2 Å². The molecule has 0 radical (unpaired) electrons. The molecule has 7 heteroatoms. The normalized spacial score (nSPS) is 13.2. The number of carboxylic acids is 1. The second-order valence-corrected chi connectivity index (χ2v) is 10.1. The van der Waals surface area contributed by atoms with E-state index in [0.717, 1.165) is 21.7 Å². The summed E-state index contributed by atoms with van der Waals surface area (Å²) in [5.41, 5.74) is 0. The van der Waals surface area contributed by atoms with Gasteiger partial charge >= 0.3 is 5.97 Å². The van der Waals surface area contributed by atoms with Gasteiger partial charge in [0.25, 0.3) is 0 Å². The maximum absolute atomic E-state index is 11.2. The number of thioether (sulfide) groups is 2. The molecule has 1 N–H and O–H groups in total. The van der Waals surface area contributed by atoms with Crippen LogP contribution in [-0.2, 0) is 4.79 Å². The van der Waals surface area contributed by atoms with E-state index in [9.17, 15) is 4.79 Å². The van der Waals surface area contributed by atoms with Crippen molar-refractivity contribution < 1.29 is 9.90 Å². The third-order valence-electron chi connectivity index (χ3n) is 5.43. The van der Waals surface area contributed by atoms with Crippen molar-refractivity contribution in [3.05, 3.63) is 6.07 Å². The van der Waals surface area contributed by atoms with Crippen LogP contribution >= 0.6 is 23.5 Å². The second kappa shape index (κ2) is 15.8. The first-order valence-electron chi connectivity index (χ1n) is 11.5. The van der Waals surface area contributed by atoms with Gasteiger partial charge < -0.3 is 10.0 Å². The summed E-state index contributed by atoms with van der Waals surface area (Å²) in [4.78, 5) is 22.3. The molecule has 0 amide bonds. The van der Waals surface area contributed by atoms with Gasteiger partial charge in [0.05, 0.1) is 0 Å². The molecule has 1 rings (SSSR count). The molecular weight excluding hydrogens is 414 g/mol. The van der Waals surface area contributed by atoms with E-state index in [2.05, 4.69) is 32.7 Å². The van der Waals surface area contributed by atoms with E-state index >= 15 is 0 Å². The number of likely N-dealkylation sites (N-methyl/N-ethyl adjacent to an activating group) is 1. The molecule has 0 spiro atoms. The minimum atomic E-state index is -0.851. The number of aromatic nitrogens is 2. The van der Waals surface area contributed by atoms with Crippen molar-refractivity contribution in [3.63, 3.8) is 0 Å². The van der Waals surface area contributed by atoms with E-state index in [1.807, 2.05) is 6.07 Å². The van der Waals surface area contributed by atoms with Crippen molar-refractivity contribution in [3.8, 4) is 0 Å². The number of hydrogen-bond acceptors (Lipinski definition) is 6. The Bertz CT molecular complexity index is 578. The zero-order valence-corrected chi connectivity index (χ0v) is 21.2. The summed E-state index contributed by atoms with van der Waals surface area (Å²) in [6, 6.07) is 1.94. The Balaban J connectivity index is 2.91. The summed E-state index contributed by atoms with van der Waals surface area (Å²) < 4.78 is 0. The lowest BCUT2D eigenvalue weighted by Crippen LogP contribution is -2.26. The molecule has 0 aliphatic heterocycles. The Morgan fingerprint density at radius 2 is 1.57 bits per heavy atom. The maximum Gasteiger partial charge on any atom is 0.323 e. The molecule has 2 unspecified atom stereocenters. The highest BCUT2D eigenvalue weighted by atomic mass is 32.2. The predicted octanol–water partition coefficient (Wildman–Crippen LogP) is 6.61. The van der Waals surface area contributed by atoms with Crippen LogP contribution in [0.3, 0.4) is 0 Å². The summed E-state index contributed by atoms with van der Waals surface area (Å²) in [7, 11) is 1.78. The monoisotopic (exact) mass is 455 g/mol. The third-order valence-corrected chi connectivity index (χ3v) is 7.66. The zero-order chi connectivity index (χ0) is 22.4. The first kappa shape index (κ1) is 27.1. The van der Waals surface area contributed by atoms with Crippen LogP contribution < -0.4 is 4.90 Å². The topological polar surface area (TPSA) is 66.3 Å². The van der Waals surface area contributed by atoms with Crippen LogP contribution in [0.5, 0.6) is 0 Å². The first-order valence-corrected chi connectivity index (χ1v) is 13.5. The van der Waals surface area contributed by atoms with Gasteiger partial charge in [-0.3, -0.25) is 4.79 Å². The number of carboxylic acid groups (broad SMARTS) is 1. The molecule has 0 fully saturated rings. The van der Waals surface area contributed by atoms with E-state index in [1.165, 1.54) is 51.4 Å². The van der Waals surface area contributed by atoms with Crippen LogP contribution in [-0.4, -0.2) is 46.1 Å². The molecule has 0 saturated heterocycles. The quantitative estimate of drug-likeness (QED) is 0.161. The molecule has 1 heterocycles. The molecule has 0 aliphatic carbocycles. The van der Waals surface area contributed by atoms with Crippen LogP contribution in [0.4, 0.5) is 5.82 Å². The molecule has 5 nitrogen and oxygen atoms in total. The summed E-state index contributed by atoms with van der Waals surface area (Å²) in [6.07, 6.45) is 9.85. The van der Waals surface area contributed by atoms with Crippen molar-refractivity contribution in [2.75, 3.05) is 30.0 Å². The first-order chi connectivity index (χ1) is 14.4. The number of rotatable bonds is 17. The summed E-state index contributed by atoms with van der Waals surface area (Å²) in [5.74, 6) is 3.28. The van der Waals surface area contributed by atoms with Crippen LogP contribution in [0.25, 0.3) is 0 Å². The Hall–Kier alpha value is -0.950. The molecule has 2 atom stereocenters. The van der Waals surface area contributed by atoms with E-state index in [4.69, 9.17) is 10.1 Å². The SMILES string of the molecule is CCCCC(CC)CSc1cc(N(C)CC(=O)O)nc(SCC(CC)CCCC)n1. The highest BCUT2D eigenvalue weighted by molar-refractivity contribution is 7.99. The average molecular weight is 456 g/mol. The van der Waals surface area contributed by atoms with Gasteiger partial charge in [-0.25, -0.2) is 9.97 Å². The minimum Gasteiger partial charge on any atom is -0.480 e. The van der Waals surface area contributed by atoms with Gasteiger partial charge in [-0.2, -0.15) is 0 Å². The fourth-order valence-electron chi connectivity index (χ4n) is 3.20. The lowest BCUT2D eigenvalue weighted by molar-refractivity contribution is -0.135. The van der Waals surface area contributed by atoms with Crippen molar-refractivity contribution in [1.29, 1.82) is 0 Å². The smallest absolute Gasteiger partial charge is 0.323 e. The molecular formula is C23H41N3O2S2. The van der Waals surface area contributed by atoms with Gasteiger partial charge in [-0.1, -0.05) is 78.0 Å². The molecule has 172 valence electrons. The van der Waals surface area contributed by atoms with Gasteiger partial charge in [0.1, 0.15) is 17.4 Å². The van der Waals surface area contributed by atoms with Gasteiger partial charge in [0.2, 0.25) is 0 Å². The highest BCUT2D eigenvalue weighted by Gasteiger charge is 2.15. The van der Waals surface area contributed by atoms with Crippen molar-refractivity contribution >= 4 is 35.3 Å². The fraction of sp³-hybridized carbons (Fsp3) is 0.783. The standard InChI is InChI=1S/C23H41N3O2S2/c1-6-10-12-18(8-3)16-29-21-14-20(26(5)15-22(27)28)24-23(25-21)30-17-19(9-4)13-11-7-2/h14,18-19H,6-13,15-17H2,1-5H3,(H,27,28). The number of anilines is 1. The van der Waals surface area contributed by atoms with Gasteiger partial charge in [0, 0.05) is 24.6 Å². The second-order valence-electron chi connectivity index (χ2n) is 8.05. The van der Waals surface area contributed by atoms with Gasteiger partial charge in [0.15, 0.2) is 5.16 Å². The number of nitrogens with zero attached hydrogens (tertiary/aromatic N) is 3. The Morgan fingerprint density at radius 1 is 1.00 bits per heavy atom. The van der Waals surface area contributed by atoms with Crippen LogP contribution in [0, 0.1) is 11.8 Å². The number of carbonyl (C=O) groups is 1. The molecule has 0 aromatic carbocycles. The maximum atomic E-state index is 11.2.